The second-order valence-corrected chi connectivity index (χ2v) is 6.78. The normalized spacial score (nSPS) is 17.7. The van der Waals surface area contributed by atoms with E-state index >= 15 is 0 Å². The van der Waals surface area contributed by atoms with Gasteiger partial charge in [0.25, 0.3) is 5.91 Å². The molecule has 2 heterocycles. The number of halogens is 1. The van der Waals surface area contributed by atoms with Crippen LogP contribution in [0.4, 0.5) is 10.6 Å². The van der Waals surface area contributed by atoms with Crippen LogP contribution in [0, 0.1) is 11.3 Å². The molecule has 0 N–H and O–H groups in total. The molecule has 2 rings (SSSR count). The van der Waals surface area contributed by atoms with E-state index < -0.39 is 23.7 Å². The first kappa shape index (κ1) is 18.8. The maximum atomic E-state index is 12.5. The van der Waals surface area contributed by atoms with Crippen LogP contribution in [0.15, 0.2) is 15.1 Å². The monoisotopic (exact) mass is 367 g/mol. The van der Waals surface area contributed by atoms with Crippen molar-refractivity contribution in [1.29, 1.82) is 5.26 Å². The van der Waals surface area contributed by atoms with Crippen molar-refractivity contribution in [1.82, 2.24) is 5.16 Å². The largest absolute Gasteiger partial charge is 0.510 e. The Morgan fingerprint density at radius 2 is 2.12 bits per heavy atom. The van der Waals surface area contributed by atoms with Crippen LogP contribution in [0.25, 0.3) is 0 Å². The Labute approximate surface area is 149 Å². The summed E-state index contributed by atoms with van der Waals surface area (Å²) in [5, 5.41) is 13.3. The summed E-state index contributed by atoms with van der Waals surface area (Å²) in [6.45, 7) is 8.79. The topological polar surface area (TPSA) is 106 Å². The molecule has 0 aliphatic carbocycles. The molecular weight excluding hydrogens is 350 g/mol. The molecule has 8 nitrogen and oxygen atoms in total. The van der Waals surface area contributed by atoms with Gasteiger partial charge >= 0.3 is 6.16 Å². The van der Waals surface area contributed by atoms with E-state index in [-0.39, 0.29) is 23.0 Å². The van der Waals surface area contributed by atoms with E-state index in [9.17, 15) is 14.9 Å². The Kier molecular flexibility index (Phi) is 5.09. The molecule has 0 radical (unpaired) electrons. The minimum atomic E-state index is -1.16. The number of nitriles is 1. The number of nitrogens with zero attached hydrogens (tertiary/aromatic N) is 3. The molecule has 0 aromatic carbocycles. The van der Waals surface area contributed by atoms with Crippen LogP contribution in [-0.2, 0) is 19.7 Å². The average Bonchev–Trinajstić information content (AvgIpc) is 3.03. The van der Waals surface area contributed by atoms with Crippen molar-refractivity contribution in [2.75, 3.05) is 11.5 Å². The summed E-state index contributed by atoms with van der Waals surface area (Å²) in [5.41, 5.74) is -0.121. The van der Waals surface area contributed by atoms with E-state index in [0.717, 1.165) is 4.90 Å². The summed E-state index contributed by atoms with van der Waals surface area (Å²) in [6.07, 6.45) is -2.13. The van der Waals surface area contributed by atoms with Gasteiger partial charge in [0.1, 0.15) is 16.7 Å². The van der Waals surface area contributed by atoms with Crippen LogP contribution in [0.2, 0.25) is 0 Å². The Morgan fingerprint density at radius 3 is 2.64 bits per heavy atom. The molecule has 0 saturated heterocycles. The highest BCUT2D eigenvalue weighted by Gasteiger charge is 2.44. The minimum Gasteiger partial charge on any atom is -0.435 e. The first-order valence-electron chi connectivity index (χ1n) is 7.56. The third-order valence-corrected chi connectivity index (χ3v) is 3.98. The average molecular weight is 368 g/mol. The van der Waals surface area contributed by atoms with Gasteiger partial charge in [-0.2, -0.15) is 5.26 Å². The standard InChI is InChI=1S/C16H18ClN3O5/c1-6-23-15(22)24-14-8(2)10(17)13(21)20(14)12-9(7-18)11(25-19-12)16(3,4)5/h14H,6H2,1-5H3. The van der Waals surface area contributed by atoms with Crippen molar-refractivity contribution in [2.24, 2.45) is 0 Å². The Morgan fingerprint density at radius 1 is 1.48 bits per heavy atom. The summed E-state index contributed by atoms with van der Waals surface area (Å²) >= 11 is 6.02. The summed E-state index contributed by atoms with van der Waals surface area (Å²) in [6, 6.07) is 1.99. The highest BCUT2D eigenvalue weighted by Crippen LogP contribution is 2.38. The lowest BCUT2D eigenvalue weighted by molar-refractivity contribution is -0.115. The maximum Gasteiger partial charge on any atom is 0.510 e. The molecule has 1 atom stereocenters. The summed E-state index contributed by atoms with van der Waals surface area (Å²) in [7, 11) is 0. The number of hydrogen-bond donors (Lipinski definition) is 0. The number of carbonyl (C=O) groups is 2. The SMILES string of the molecule is CCOC(=O)OC1C(C)=C(Cl)C(=O)N1c1noc(C(C)(C)C)c1C#N. The predicted octanol–water partition coefficient (Wildman–Crippen LogP) is 3.20. The van der Waals surface area contributed by atoms with Crippen LogP contribution in [-0.4, -0.2) is 30.1 Å². The number of hydrogen-bond acceptors (Lipinski definition) is 7. The van der Waals surface area contributed by atoms with Crippen molar-refractivity contribution in [3.8, 4) is 6.07 Å². The van der Waals surface area contributed by atoms with Crippen LogP contribution in [0.5, 0.6) is 0 Å². The van der Waals surface area contributed by atoms with Gasteiger partial charge in [-0.15, -0.1) is 0 Å². The summed E-state index contributed by atoms with van der Waals surface area (Å²) < 4.78 is 15.2. The van der Waals surface area contributed by atoms with Gasteiger partial charge in [-0.05, 0) is 13.8 Å². The van der Waals surface area contributed by atoms with Crippen molar-refractivity contribution in [3.05, 3.63) is 21.9 Å². The molecule has 25 heavy (non-hydrogen) atoms. The van der Waals surface area contributed by atoms with Crippen molar-refractivity contribution in [2.45, 2.75) is 46.3 Å². The predicted molar refractivity (Wildman–Crippen MR) is 87.9 cm³/mol. The van der Waals surface area contributed by atoms with Gasteiger partial charge in [-0.1, -0.05) is 37.5 Å². The van der Waals surface area contributed by atoms with E-state index in [1.165, 1.54) is 0 Å². The van der Waals surface area contributed by atoms with Crippen molar-refractivity contribution < 1.29 is 23.6 Å². The molecule has 9 heteroatoms. The molecule has 1 amide bonds. The summed E-state index contributed by atoms with van der Waals surface area (Å²) in [4.78, 5) is 25.2. The van der Waals surface area contributed by atoms with E-state index in [1.54, 1.807) is 13.8 Å². The smallest absolute Gasteiger partial charge is 0.435 e. The van der Waals surface area contributed by atoms with Gasteiger partial charge in [0.2, 0.25) is 12.0 Å². The van der Waals surface area contributed by atoms with E-state index in [0.29, 0.717) is 11.3 Å². The molecular formula is C16H18ClN3O5. The van der Waals surface area contributed by atoms with E-state index in [4.69, 9.17) is 25.6 Å². The van der Waals surface area contributed by atoms with Gasteiger partial charge < -0.3 is 14.0 Å². The quantitative estimate of drug-likeness (QED) is 0.755. The Hall–Kier alpha value is -2.53. The fourth-order valence-electron chi connectivity index (χ4n) is 2.33. The van der Waals surface area contributed by atoms with Gasteiger partial charge in [-0.3, -0.25) is 4.79 Å². The van der Waals surface area contributed by atoms with Crippen LogP contribution in [0.1, 0.15) is 45.9 Å². The van der Waals surface area contributed by atoms with E-state index in [1.807, 2.05) is 26.8 Å². The third-order valence-electron chi connectivity index (χ3n) is 3.52. The van der Waals surface area contributed by atoms with Crippen molar-refractivity contribution in [3.63, 3.8) is 0 Å². The lowest BCUT2D eigenvalue weighted by Gasteiger charge is -2.23. The Balaban J connectivity index is 2.50. The first-order valence-corrected chi connectivity index (χ1v) is 7.94. The van der Waals surface area contributed by atoms with Crippen LogP contribution < -0.4 is 4.90 Å². The zero-order valence-corrected chi connectivity index (χ0v) is 15.3. The zero-order chi connectivity index (χ0) is 18.9. The van der Waals surface area contributed by atoms with Crippen molar-refractivity contribution >= 4 is 29.5 Å². The number of rotatable bonds is 3. The number of ether oxygens (including phenoxy) is 2. The molecule has 0 saturated carbocycles. The van der Waals surface area contributed by atoms with Gasteiger partial charge in [0.05, 0.1) is 6.61 Å². The second kappa shape index (κ2) is 6.76. The number of aromatic nitrogens is 1. The maximum absolute atomic E-state index is 12.5. The molecule has 0 fully saturated rings. The van der Waals surface area contributed by atoms with Crippen LogP contribution >= 0.6 is 11.6 Å². The van der Waals surface area contributed by atoms with Gasteiger partial charge in [0, 0.05) is 11.0 Å². The summed E-state index contributed by atoms with van der Waals surface area (Å²) in [5.74, 6) is -0.381. The van der Waals surface area contributed by atoms with Gasteiger partial charge in [0.15, 0.2) is 5.76 Å². The third kappa shape index (κ3) is 3.33. The molecule has 1 aliphatic heterocycles. The minimum absolute atomic E-state index is 0.0540. The molecule has 1 aliphatic rings. The fraction of sp³-hybridized carbons (Fsp3) is 0.500. The number of amides is 1. The number of anilines is 1. The lowest BCUT2D eigenvalue weighted by atomic mass is 9.90. The second-order valence-electron chi connectivity index (χ2n) is 6.40. The first-order chi connectivity index (χ1) is 11.6. The highest BCUT2D eigenvalue weighted by atomic mass is 35.5. The highest BCUT2D eigenvalue weighted by molar-refractivity contribution is 6.45. The Bertz CT molecular complexity index is 785. The molecule has 134 valence electrons. The molecule has 1 aromatic rings. The number of carbonyl (C=O) groups excluding carboxylic acids is 2. The van der Waals surface area contributed by atoms with Crippen LogP contribution in [0.3, 0.4) is 0 Å². The molecule has 0 spiro atoms. The molecule has 1 aromatic heterocycles. The molecule has 0 bridgehead atoms. The zero-order valence-electron chi connectivity index (χ0n) is 14.5. The fourth-order valence-corrected chi connectivity index (χ4v) is 2.52. The van der Waals surface area contributed by atoms with Gasteiger partial charge in [-0.25, -0.2) is 9.69 Å². The van der Waals surface area contributed by atoms with E-state index in [2.05, 4.69) is 5.16 Å². The lowest BCUT2D eigenvalue weighted by Crippen LogP contribution is -2.39. The molecule has 1 unspecified atom stereocenters.